The molecule has 2 aromatic heterocycles. The predicted octanol–water partition coefficient (Wildman–Crippen LogP) is 2.77. The molecule has 0 aliphatic heterocycles. The van der Waals surface area contributed by atoms with Crippen molar-refractivity contribution in [2.45, 2.75) is 24.7 Å². The van der Waals surface area contributed by atoms with Crippen LogP contribution in [0.2, 0.25) is 5.02 Å². The van der Waals surface area contributed by atoms with Crippen molar-refractivity contribution >= 4 is 23.2 Å². The molecule has 0 spiro atoms. The first-order valence-electron chi connectivity index (χ1n) is 8.02. The fourth-order valence-electron chi connectivity index (χ4n) is 3.06. The first-order valence-corrected chi connectivity index (χ1v) is 8.40. The average molecular weight is 341 g/mol. The van der Waals surface area contributed by atoms with Crippen LogP contribution < -0.4 is 5.32 Å². The molecule has 6 heteroatoms. The highest BCUT2D eigenvalue weighted by Gasteiger charge is 2.50. The monoisotopic (exact) mass is 340 g/mol. The molecule has 24 heavy (non-hydrogen) atoms. The second-order valence-corrected chi connectivity index (χ2v) is 6.58. The number of benzene rings is 1. The third kappa shape index (κ3) is 2.65. The quantitative estimate of drug-likeness (QED) is 0.777. The van der Waals surface area contributed by atoms with Crippen LogP contribution >= 0.6 is 11.6 Å². The van der Waals surface area contributed by atoms with Crippen LogP contribution in [0, 0.1) is 0 Å². The van der Waals surface area contributed by atoms with Gasteiger partial charge in [-0.1, -0.05) is 29.8 Å². The zero-order chi connectivity index (χ0) is 16.6. The van der Waals surface area contributed by atoms with E-state index in [0.29, 0.717) is 18.0 Å². The maximum atomic E-state index is 12.6. The van der Waals surface area contributed by atoms with Gasteiger partial charge < -0.3 is 5.32 Å². The van der Waals surface area contributed by atoms with Crippen molar-refractivity contribution in [1.29, 1.82) is 0 Å². The Morgan fingerprint density at radius 3 is 2.71 bits per heavy atom. The number of pyridine rings is 1. The maximum absolute atomic E-state index is 12.6. The highest BCUT2D eigenvalue weighted by molar-refractivity contribution is 6.30. The van der Waals surface area contributed by atoms with E-state index in [-0.39, 0.29) is 11.3 Å². The molecule has 122 valence electrons. The van der Waals surface area contributed by atoms with Crippen molar-refractivity contribution in [3.05, 3.63) is 65.1 Å². The molecule has 1 aliphatic carbocycles. The number of hydrogen-bond acceptors (Lipinski definition) is 3. The summed E-state index contributed by atoms with van der Waals surface area (Å²) in [4.78, 5) is 12.6. The molecule has 1 fully saturated rings. The van der Waals surface area contributed by atoms with Crippen LogP contribution in [-0.4, -0.2) is 27.0 Å². The SMILES string of the molecule is O=C(NCCc1nnc2ccccn12)C1(c2ccc(Cl)cc2)CC1. The zero-order valence-electron chi connectivity index (χ0n) is 13.1. The molecule has 0 atom stereocenters. The number of rotatable bonds is 5. The smallest absolute Gasteiger partial charge is 0.230 e. The molecule has 3 aromatic rings. The Morgan fingerprint density at radius 2 is 1.96 bits per heavy atom. The summed E-state index contributed by atoms with van der Waals surface area (Å²) in [5.74, 6) is 0.931. The van der Waals surface area contributed by atoms with Gasteiger partial charge >= 0.3 is 0 Å². The van der Waals surface area contributed by atoms with Gasteiger partial charge in [0.05, 0.1) is 5.41 Å². The van der Waals surface area contributed by atoms with E-state index in [9.17, 15) is 4.79 Å². The predicted molar refractivity (Wildman–Crippen MR) is 92.1 cm³/mol. The van der Waals surface area contributed by atoms with Crippen LogP contribution in [0.1, 0.15) is 24.2 Å². The summed E-state index contributed by atoms with van der Waals surface area (Å²) in [5, 5.41) is 12.0. The van der Waals surface area contributed by atoms with Crippen molar-refractivity contribution in [2.24, 2.45) is 0 Å². The first kappa shape index (κ1) is 15.1. The number of aromatic nitrogens is 3. The Hall–Kier alpha value is -2.40. The number of nitrogens with one attached hydrogen (secondary N) is 1. The summed E-state index contributed by atoms with van der Waals surface area (Å²) in [6.07, 6.45) is 4.35. The lowest BCUT2D eigenvalue weighted by molar-refractivity contribution is -0.123. The molecule has 0 saturated heterocycles. The third-order valence-corrected chi connectivity index (χ3v) is 4.85. The van der Waals surface area contributed by atoms with Gasteiger partial charge in [0.1, 0.15) is 5.82 Å². The number of nitrogens with zero attached hydrogens (tertiary/aromatic N) is 3. The number of halogens is 1. The first-order chi connectivity index (χ1) is 11.7. The van der Waals surface area contributed by atoms with Gasteiger partial charge in [-0.2, -0.15) is 0 Å². The second kappa shape index (κ2) is 5.91. The van der Waals surface area contributed by atoms with E-state index in [1.165, 1.54) is 0 Å². The molecule has 1 amide bonds. The fraction of sp³-hybridized carbons (Fsp3) is 0.278. The van der Waals surface area contributed by atoms with Gasteiger partial charge in [-0.25, -0.2) is 0 Å². The lowest BCUT2D eigenvalue weighted by Crippen LogP contribution is -2.36. The summed E-state index contributed by atoms with van der Waals surface area (Å²) in [5.41, 5.74) is 1.48. The molecule has 5 nitrogen and oxygen atoms in total. The summed E-state index contributed by atoms with van der Waals surface area (Å²) >= 11 is 5.93. The van der Waals surface area contributed by atoms with Crippen molar-refractivity contribution < 1.29 is 4.79 Å². The minimum Gasteiger partial charge on any atom is -0.355 e. The Labute approximate surface area is 144 Å². The van der Waals surface area contributed by atoms with Gasteiger partial charge in [0.2, 0.25) is 5.91 Å². The van der Waals surface area contributed by atoms with Crippen LogP contribution in [0.3, 0.4) is 0 Å². The van der Waals surface area contributed by atoms with Crippen LogP contribution in [0.15, 0.2) is 48.7 Å². The molecule has 1 aromatic carbocycles. The molecule has 0 bridgehead atoms. The van der Waals surface area contributed by atoms with E-state index in [1.807, 2.05) is 53.1 Å². The molecule has 1 saturated carbocycles. The lowest BCUT2D eigenvalue weighted by atomic mass is 9.95. The topological polar surface area (TPSA) is 59.3 Å². The van der Waals surface area contributed by atoms with Crippen LogP contribution in [-0.2, 0) is 16.6 Å². The second-order valence-electron chi connectivity index (χ2n) is 6.14. The molecule has 0 radical (unpaired) electrons. The van der Waals surface area contributed by atoms with Gasteiger partial charge in [-0.3, -0.25) is 9.20 Å². The van der Waals surface area contributed by atoms with E-state index in [0.717, 1.165) is 29.9 Å². The molecule has 0 unspecified atom stereocenters. The van der Waals surface area contributed by atoms with Gasteiger partial charge in [0.15, 0.2) is 5.65 Å². The summed E-state index contributed by atoms with van der Waals surface area (Å²) in [6.45, 7) is 0.545. The summed E-state index contributed by atoms with van der Waals surface area (Å²) < 4.78 is 1.94. The Morgan fingerprint density at radius 1 is 1.17 bits per heavy atom. The standard InChI is InChI=1S/C18H17ClN4O/c19-14-6-4-13(5-7-14)18(9-10-18)17(24)20-11-8-16-22-21-15-3-1-2-12-23(15)16/h1-7,12H,8-11H2,(H,20,24). The largest absolute Gasteiger partial charge is 0.355 e. The number of carbonyl (C=O) groups excluding carboxylic acids is 1. The highest BCUT2D eigenvalue weighted by Crippen LogP contribution is 2.48. The van der Waals surface area contributed by atoms with E-state index in [4.69, 9.17) is 11.6 Å². The molecule has 4 rings (SSSR count). The van der Waals surface area contributed by atoms with Crippen LogP contribution in [0.5, 0.6) is 0 Å². The minimum absolute atomic E-state index is 0.0821. The van der Waals surface area contributed by atoms with Crippen molar-refractivity contribution in [3.63, 3.8) is 0 Å². The van der Waals surface area contributed by atoms with Gasteiger partial charge in [0.25, 0.3) is 0 Å². The zero-order valence-corrected chi connectivity index (χ0v) is 13.8. The van der Waals surface area contributed by atoms with Crippen molar-refractivity contribution in [3.8, 4) is 0 Å². The normalized spacial score (nSPS) is 15.4. The lowest BCUT2D eigenvalue weighted by Gasteiger charge is -2.15. The number of fused-ring (bicyclic) bond motifs is 1. The molecular weight excluding hydrogens is 324 g/mol. The van der Waals surface area contributed by atoms with Gasteiger partial charge in [-0.05, 0) is 42.7 Å². The fourth-order valence-corrected chi connectivity index (χ4v) is 3.19. The maximum Gasteiger partial charge on any atom is 0.230 e. The Balaban J connectivity index is 1.41. The molecule has 1 N–H and O–H groups in total. The number of amides is 1. The van der Waals surface area contributed by atoms with E-state index in [2.05, 4.69) is 15.5 Å². The highest BCUT2D eigenvalue weighted by atomic mass is 35.5. The third-order valence-electron chi connectivity index (χ3n) is 4.60. The number of carbonyl (C=O) groups is 1. The molecule has 1 aliphatic rings. The summed E-state index contributed by atoms with van der Waals surface area (Å²) in [7, 11) is 0. The molecular formula is C18H17ClN4O. The van der Waals surface area contributed by atoms with Gasteiger partial charge in [0, 0.05) is 24.2 Å². The average Bonchev–Trinajstić information content (AvgIpc) is 3.32. The van der Waals surface area contributed by atoms with Gasteiger partial charge in [-0.15, -0.1) is 10.2 Å². The summed E-state index contributed by atoms with van der Waals surface area (Å²) in [6, 6.07) is 13.4. The molecule has 2 heterocycles. The minimum atomic E-state index is -0.377. The Bertz CT molecular complexity index is 883. The van der Waals surface area contributed by atoms with E-state index >= 15 is 0 Å². The number of hydrogen-bond donors (Lipinski definition) is 1. The van der Waals surface area contributed by atoms with Crippen molar-refractivity contribution in [1.82, 2.24) is 19.9 Å². The Kier molecular flexibility index (Phi) is 3.73. The van der Waals surface area contributed by atoms with Crippen molar-refractivity contribution in [2.75, 3.05) is 6.54 Å². The van der Waals surface area contributed by atoms with Crippen LogP contribution in [0.4, 0.5) is 0 Å². The van der Waals surface area contributed by atoms with E-state index < -0.39 is 0 Å². The van der Waals surface area contributed by atoms with E-state index in [1.54, 1.807) is 0 Å². The van der Waals surface area contributed by atoms with Crippen LogP contribution in [0.25, 0.3) is 5.65 Å².